The summed E-state index contributed by atoms with van der Waals surface area (Å²) in [6.45, 7) is 8.23. The first-order valence-electron chi connectivity index (χ1n) is 6.77. The molecule has 2 rings (SSSR count). The first-order valence-corrected chi connectivity index (χ1v) is 7.65. The summed E-state index contributed by atoms with van der Waals surface area (Å²) in [5.74, 6) is 0.401. The Kier molecular flexibility index (Phi) is 4.55. The first kappa shape index (κ1) is 14.7. The van der Waals surface area contributed by atoms with Gasteiger partial charge in [0.2, 0.25) is 5.91 Å². The van der Waals surface area contributed by atoms with Crippen LogP contribution >= 0.6 is 11.3 Å². The molecule has 0 atom stereocenters. The third-order valence-corrected chi connectivity index (χ3v) is 4.34. The molecule has 0 aliphatic rings. The highest BCUT2D eigenvalue weighted by molar-refractivity contribution is 7.09. The van der Waals surface area contributed by atoms with Gasteiger partial charge < -0.3 is 5.32 Å². The topological polar surface area (TPSA) is 42.0 Å². The minimum Gasteiger partial charge on any atom is -0.325 e. The molecule has 0 aliphatic heterocycles. The Bertz CT molecular complexity index is 596. The van der Waals surface area contributed by atoms with Gasteiger partial charge in [-0.15, -0.1) is 11.3 Å². The van der Waals surface area contributed by atoms with E-state index in [-0.39, 0.29) is 5.91 Å². The molecule has 0 saturated carbocycles. The number of amides is 1. The maximum atomic E-state index is 12.1. The van der Waals surface area contributed by atoms with Crippen LogP contribution in [0.3, 0.4) is 0 Å². The summed E-state index contributed by atoms with van der Waals surface area (Å²) in [6, 6.07) is 6.00. The van der Waals surface area contributed by atoms with Gasteiger partial charge >= 0.3 is 0 Å². The zero-order valence-electron chi connectivity index (χ0n) is 12.4. The molecule has 3 nitrogen and oxygen atoms in total. The molecule has 1 aromatic heterocycles. The molecule has 1 heterocycles. The number of hydrogen-bond acceptors (Lipinski definition) is 3. The number of thiazole rings is 1. The highest BCUT2D eigenvalue weighted by Gasteiger charge is 2.11. The molecule has 0 saturated heterocycles. The summed E-state index contributed by atoms with van der Waals surface area (Å²) < 4.78 is 0. The van der Waals surface area contributed by atoms with E-state index in [1.165, 1.54) is 0 Å². The SMILES string of the molecule is Cc1cccc(C)c1NC(=O)Cc1csc(C(C)C)n1. The van der Waals surface area contributed by atoms with Crippen LogP contribution < -0.4 is 5.32 Å². The fourth-order valence-electron chi connectivity index (χ4n) is 2.03. The molecule has 0 fully saturated rings. The molecule has 0 unspecified atom stereocenters. The van der Waals surface area contributed by atoms with Gasteiger partial charge in [-0.2, -0.15) is 0 Å². The molecule has 20 heavy (non-hydrogen) atoms. The maximum Gasteiger partial charge on any atom is 0.230 e. The summed E-state index contributed by atoms with van der Waals surface area (Å²) in [4.78, 5) is 16.6. The van der Waals surface area contributed by atoms with E-state index in [4.69, 9.17) is 0 Å². The van der Waals surface area contributed by atoms with Crippen molar-refractivity contribution in [2.24, 2.45) is 0 Å². The van der Waals surface area contributed by atoms with Crippen molar-refractivity contribution in [3.63, 3.8) is 0 Å². The van der Waals surface area contributed by atoms with Gasteiger partial charge in [-0.1, -0.05) is 32.0 Å². The summed E-state index contributed by atoms with van der Waals surface area (Å²) in [7, 11) is 0. The number of carbonyl (C=O) groups excluding carboxylic acids is 1. The number of hydrogen-bond donors (Lipinski definition) is 1. The maximum absolute atomic E-state index is 12.1. The van der Waals surface area contributed by atoms with Crippen LogP contribution in [0.15, 0.2) is 23.6 Å². The van der Waals surface area contributed by atoms with Crippen molar-refractivity contribution in [2.75, 3.05) is 5.32 Å². The number of benzene rings is 1. The zero-order chi connectivity index (χ0) is 14.7. The second-order valence-corrected chi connectivity index (χ2v) is 6.21. The van der Waals surface area contributed by atoms with Crippen molar-refractivity contribution >= 4 is 22.9 Å². The Balaban J connectivity index is 2.05. The number of nitrogens with zero attached hydrogens (tertiary/aromatic N) is 1. The molecule has 1 aromatic carbocycles. The van der Waals surface area contributed by atoms with Gasteiger partial charge in [-0.25, -0.2) is 4.98 Å². The van der Waals surface area contributed by atoms with Gasteiger partial charge in [0.05, 0.1) is 17.1 Å². The number of carbonyl (C=O) groups is 1. The van der Waals surface area contributed by atoms with Crippen molar-refractivity contribution < 1.29 is 4.79 Å². The van der Waals surface area contributed by atoms with E-state index in [2.05, 4.69) is 24.1 Å². The van der Waals surface area contributed by atoms with Crippen LogP contribution in [-0.4, -0.2) is 10.9 Å². The van der Waals surface area contributed by atoms with E-state index < -0.39 is 0 Å². The third-order valence-electron chi connectivity index (χ3n) is 3.15. The Labute approximate surface area is 124 Å². The molecule has 0 radical (unpaired) electrons. The predicted molar refractivity (Wildman–Crippen MR) is 84.5 cm³/mol. The molecular formula is C16H20N2OS. The fraction of sp³-hybridized carbons (Fsp3) is 0.375. The third kappa shape index (κ3) is 3.45. The van der Waals surface area contributed by atoms with Crippen LogP contribution in [0, 0.1) is 13.8 Å². The molecule has 106 valence electrons. The van der Waals surface area contributed by atoms with Crippen molar-refractivity contribution in [3.8, 4) is 0 Å². The number of aromatic nitrogens is 1. The number of nitrogens with one attached hydrogen (secondary N) is 1. The summed E-state index contributed by atoms with van der Waals surface area (Å²) in [5, 5.41) is 6.05. The average Bonchev–Trinajstić information content (AvgIpc) is 2.82. The van der Waals surface area contributed by atoms with Gasteiger partial charge in [0.15, 0.2) is 0 Å². The van der Waals surface area contributed by atoms with E-state index in [1.807, 2.05) is 37.4 Å². The van der Waals surface area contributed by atoms with Crippen molar-refractivity contribution in [1.29, 1.82) is 0 Å². The van der Waals surface area contributed by atoms with E-state index >= 15 is 0 Å². The van der Waals surface area contributed by atoms with Crippen LogP contribution in [0.4, 0.5) is 5.69 Å². The Hall–Kier alpha value is -1.68. The van der Waals surface area contributed by atoms with Gasteiger partial charge in [0.25, 0.3) is 0 Å². The number of rotatable bonds is 4. The Morgan fingerprint density at radius 3 is 2.50 bits per heavy atom. The highest BCUT2D eigenvalue weighted by atomic mass is 32.1. The normalized spacial score (nSPS) is 10.8. The second kappa shape index (κ2) is 6.18. The molecule has 0 spiro atoms. The summed E-state index contributed by atoms with van der Waals surface area (Å²) >= 11 is 1.62. The number of anilines is 1. The van der Waals surface area contributed by atoms with Crippen molar-refractivity contribution in [1.82, 2.24) is 4.98 Å². The highest BCUT2D eigenvalue weighted by Crippen LogP contribution is 2.21. The molecule has 1 amide bonds. The van der Waals surface area contributed by atoms with Gasteiger partial charge in [0, 0.05) is 17.0 Å². The minimum absolute atomic E-state index is 0.0111. The van der Waals surface area contributed by atoms with Crippen LogP contribution in [0.2, 0.25) is 0 Å². The van der Waals surface area contributed by atoms with Gasteiger partial charge in [-0.3, -0.25) is 4.79 Å². The van der Waals surface area contributed by atoms with Gasteiger partial charge in [0.1, 0.15) is 0 Å². The molecule has 4 heteroatoms. The molecule has 2 aromatic rings. The van der Waals surface area contributed by atoms with E-state index in [1.54, 1.807) is 11.3 Å². The van der Waals surface area contributed by atoms with E-state index in [0.717, 1.165) is 27.5 Å². The van der Waals surface area contributed by atoms with Crippen LogP contribution in [0.1, 0.15) is 41.6 Å². The van der Waals surface area contributed by atoms with Crippen molar-refractivity contribution in [3.05, 3.63) is 45.4 Å². The smallest absolute Gasteiger partial charge is 0.230 e. The summed E-state index contributed by atoms with van der Waals surface area (Å²) in [5.41, 5.74) is 3.93. The quantitative estimate of drug-likeness (QED) is 0.921. The zero-order valence-corrected chi connectivity index (χ0v) is 13.2. The molecule has 1 N–H and O–H groups in total. The minimum atomic E-state index is -0.0111. The number of para-hydroxylation sites is 1. The lowest BCUT2D eigenvalue weighted by Crippen LogP contribution is -2.16. The monoisotopic (exact) mass is 288 g/mol. The van der Waals surface area contributed by atoms with Crippen LogP contribution in [0.5, 0.6) is 0 Å². The standard InChI is InChI=1S/C16H20N2OS/c1-10(2)16-17-13(9-20-16)8-14(19)18-15-11(3)6-5-7-12(15)4/h5-7,9-10H,8H2,1-4H3,(H,18,19). The Morgan fingerprint density at radius 1 is 1.30 bits per heavy atom. The molecule has 0 bridgehead atoms. The van der Waals surface area contributed by atoms with Crippen molar-refractivity contribution in [2.45, 2.75) is 40.0 Å². The second-order valence-electron chi connectivity index (χ2n) is 5.32. The Morgan fingerprint density at radius 2 is 1.95 bits per heavy atom. The fourth-order valence-corrected chi connectivity index (χ4v) is 2.86. The first-order chi connectivity index (χ1) is 9.47. The average molecular weight is 288 g/mol. The largest absolute Gasteiger partial charge is 0.325 e. The lowest BCUT2D eigenvalue weighted by molar-refractivity contribution is -0.115. The molecule has 0 aliphatic carbocycles. The van der Waals surface area contributed by atoms with Crippen LogP contribution in [-0.2, 0) is 11.2 Å². The summed E-state index contributed by atoms with van der Waals surface area (Å²) in [6.07, 6.45) is 0.330. The lowest BCUT2D eigenvalue weighted by Gasteiger charge is -2.10. The van der Waals surface area contributed by atoms with E-state index in [9.17, 15) is 4.79 Å². The van der Waals surface area contributed by atoms with Crippen LogP contribution in [0.25, 0.3) is 0 Å². The number of aryl methyl sites for hydroxylation is 2. The predicted octanol–water partition coefficient (Wildman–Crippen LogP) is 4.06. The van der Waals surface area contributed by atoms with Gasteiger partial charge in [-0.05, 0) is 25.0 Å². The van der Waals surface area contributed by atoms with E-state index in [0.29, 0.717) is 12.3 Å². The molecular weight excluding hydrogens is 268 g/mol. The lowest BCUT2D eigenvalue weighted by atomic mass is 10.1.